The summed E-state index contributed by atoms with van der Waals surface area (Å²) in [6, 6.07) is 20.4. The summed E-state index contributed by atoms with van der Waals surface area (Å²) in [6.45, 7) is 6.18. The molecule has 2 atom stereocenters. The van der Waals surface area contributed by atoms with Crippen molar-refractivity contribution in [3.8, 4) is 0 Å². The van der Waals surface area contributed by atoms with Gasteiger partial charge in [-0.05, 0) is 73.5 Å². The van der Waals surface area contributed by atoms with Gasteiger partial charge in [-0.25, -0.2) is 0 Å². The van der Waals surface area contributed by atoms with Crippen LogP contribution in [0.5, 0.6) is 0 Å². The second-order valence-electron chi connectivity index (χ2n) is 8.50. The molecule has 2 heterocycles. The van der Waals surface area contributed by atoms with Crippen molar-refractivity contribution in [1.82, 2.24) is 4.90 Å². The molecule has 0 N–H and O–H groups in total. The Morgan fingerprint density at radius 3 is 2.28 bits per heavy atom. The van der Waals surface area contributed by atoms with Crippen molar-refractivity contribution in [2.24, 2.45) is 11.8 Å². The lowest BCUT2D eigenvalue weighted by molar-refractivity contribution is 0.343. The lowest BCUT2D eigenvalue weighted by atomic mass is 9.90. The predicted octanol–water partition coefficient (Wildman–Crippen LogP) is 5.71. The van der Waals surface area contributed by atoms with E-state index in [9.17, 15) is 0 Å². The molecule has 5 rings (SSSR count). The molecule has 1 aliphatic carbocycles. The fourth-order valence-electron chi connectivity index (χ4n) is 5.23. The van der Waals surface area contributed by atoms with Crippen LogP contribution < -0.4 is 4.90 Å². The molecular formula is C25H32Cl2N2. The lowest BCUT2D eigenvalue weighted by Crippen LogP contribution is -2.21. The fraction of sp³-hybridized carbons (Fsp3) is 0.440. The normalized spacial score (nSPS) is 23.3. The first-order chi connectivity index (χ1) is 13.4. The molecule has 0 aromatic heterocycles. The molecule has 2 aromatic rings. The first-order valence-electron chi connectivity index (χ1n) is 10.7. The molecule has 0 spiro atoms. The van der Waals surface area contributed by atoms with E-state index in [1.54, 1.807) is 5.57 Å². The molecule has 2 saturated heterocycles. The van der Waals surface area contributed by atoms with Crippen molar-refractivity contribution < 1.29 is 0 Å². The number of hydrogen-bond donors (Lipinski definition) is 0. The van der Waals surface area contributed by atoms with Crippen LogP contribution in [0.4, 0.5) is 5.69 Å². The number of hydrogen-bond acceptors (Lipinski definition) is 2. The minimum absolute atomic E-state index is 0. The van der Waals surface area contributed by atoms with Crippen molar-refractivity contribution >= 4 is 36.1 Å². The second kappa shape index (κ2) is 10.0. The van der Waals surface area contributed by atoms with Gasteiger partial charge in [0.05, 0.1) is 0 Å². The zero-order chi connectivity index (χ0) is 18.1. The zero-order valence-electron chi connectivity index (χ0n) is 17.0. The average molecular weight is 431 g/mol. The van der Waals surface area contributed by atoms with Crippen LogP contribution >= 0.6 is 24.8 Å². The maximum absolute atomic E-state index is 2.61. The molecule has 2 aromatic carbocycles. The van der Waals surface area contributed by atoms with E-state index in [4.69, 9.17) is 0 Å². The molecule has 2 nitrogen and oxygen atoms in total. The van der Waals surface area contributed by atoms with Crippen LogP contribution in [0.25, 0.3) is 5.57 Å². The van der Waals surface area contributed by atoms with Gasteiger partial charge in [-0.3, -0.25) is 0 Å². The van der Waals surface area contributed by atoms with Crippen molar-refractivity contribution in [3.63, 3.8) is 0 Å². The Balaban J connectivity index is 0.00000120. The van der Waals surface area contributed by atoms with Crippen molar-refractivity contribution in [3.05, 3.63) is 71.8 Å². The molecule has 0 radical (unpaired) electrons. The highest BCUT2D eigenvalue weighted by atomic mass is 35.5. The van der Waals surface area contributed by atoms with Gasteiger partial charge in [0, 0.05) is 31.2 Å². The summed E-state index contributed by atoms with van der Waals surface area (Å²) in [7, 11) is 0. The van der Waals surface area contributed by atoms with Crippen LogP contribution in [0.2, 0.25) is 0 Å². The van der Waals surface area contributed by atoms with Crippen LogP contribution in [0.3, 0.4) is 0 Å². The van der Waals surface area contributed by atoms with E-state index in [1.165, 1.54) is 68.7 Å². The maximum Gasteiger partial charge on any atom is 0.0366 e. The molecule has 4 heteroatoms. The Morgan fingerprint density at radius 1 is 0.828 bits per heavy atom. The fourth-order valence-corrected chi connectivity index (χ4v) is 5.23. The Bertz CT molecular complexity index is 797. The van der Waals surface area contributed by atoms with E-state index in [2.05, 4.69) is 70.5 Å². The molecule has 156 valence electrons. The van der Waals surface area contributed by atoms with Crippen molar-refractivity contribution in [1.29, 1.82) is 0 Å². The summed E-state index contributed by atoms with van der Waals surface area (Å²) in [5.41, 5.74) is 5.90. The summed E-state index contributed by atoms with van der Waals surface area (Å²) >= 11 is 0. The number of likely N-dealkylation sites (tertiary alicyclic amines) is 1. The van der Waals surface area contributed by atoms with Crippen LogP contribution in [0.15, 0.2) is 60.7 Å². The van der Waals surface area contributed by atoms with E-state index in [0.717, 1.165) is 12.5 Å². The van der Waals surface area contributed by atoms with E-state index in [-0.39, 0.29) is 24.8 Å². The largest absolute Gasteiger partial charge is 0.371 e. The van der Waals surface area contributed by atoms with Gasteiger partial charge in [0.15, 0.2) is 0 Å². The molecule has 29 heavy (non-hydrogen) atoms. The first kappa shape index (κ1) is 22.2. The summed E-state index contributed by atoms with van der Waals surface area (Å²) in [5.74, 6) is 1.48. The maximum atomic E-state index is 2.61. The zero-order valence-corrected chi connectivity index (χ0v) is 18.6. The third-order valence-corrected chi connectivity index (χ3v) is 6.80. The molecule has 2 fully saturated rings. The number of fused-ring (bicyclic) bond motifs is 1. The van der Waals surface area contributed by atoms with Gasteiger partial charge < -0.3 is 9.80 Å². The summed E-state index contributed by atoms with van der Waals surface area (Å²) in [5, 5.41) is 0. The number of allylic oxidation sites excluding steroid dienone is 1. The highest BCUT2D eigenvalue weighted by Crippen LogP contribution is 2.44. The van der Waals surface area contributed by atoms with Gasteiger partial charge >= 0.3 is 0 Å². The SMILES string of the molecule is C1=C(c2ccc(CCN3CCCC3)cc2)C2CN(c3ccccc3)CC2C1.Cl.Cl. The standard InChI is InChI=1S/C25H30N2.2ClH/c1-2-6-23(7-3-1)27-18-22-12-13-24(25(22)19-27)21-10-8-20(9-11-21)14-17-26-15-4-5-16-26;;/h1-3,6-11,13,22,25H,4-5,12,14-19H2;2*1H. The highest BCUT2D eigenvalue weighted by Gasteiger charge is 2.38. The smallest absolute Gasteiger partial charge is 0.0366 e. The summed E-state index contributed by atoms with van der Waals surface area (Å²) in [6.07, 6.45) is 7.70. The minimum atomic E-state index is 0. The van der Waals surface area contributed by atoms with E-state index >= 15 is 0 Å². The number of benzene rings is 2. The first-order valence-corrected chi connectivity index (χ1v) is 10.7. The van der Waals surface area contributed by atoms with Crippen LogP contribution in [0, 0.1) is 11.8 Å². The van der Waals surface area contributed by atoms with Gasteiger partial charge in [-0.2, -0.15) is 0 Å². The van der Waals surface area contributed by atoms with Gasteiger partial charge in [-0.1, -0.05) is 48.5 Å². The molecular weight excluding hydrogens is 399 g/mol. The van der Waals surface area contributed by atoms with Crippen molar-refractivity contribution in [2.75, 3.05) is 37.6 Å². The van der Waals surface area contributed by atoms with Gasteiger partial charge in [0.2, 0.25) is 0 Å². The van der Waals surface area contributed by atoms with E-state index < -0.39 is 0 Å². The number of halogens is 2. The third kappa shape index (κ3) is 4.82. The predicted molar refractivity (Wildman–Crippen MR) is 129 cm³/mol. The summed E-state index contributed by atoms with van der Waals surface area (Å²) < 4.78 is 0. The van der Waals surface area contributed by atoms with Crippen molar-refractivity contribution in [2.45, 2.75) is 25.7 Å². The lowest BCUT2D eigenvalue weighted by Gasteiger charge is -2.20. The van der Waals surface area contributed by atoms with E-state index in [1.807, 2.05) is 0 Å². The third-order valence-electron chi connectivity index (χ3n) is 6.80. The Kier molecular flexibility index (Phi) is 7.67. The van der Waals surface area contributed by atoms with Gasteiger partial charge in [-0.15, -0.1) is 24.8 Å². The Morgan fingerprint density at radius 2 is 1.55 bits per heavy atom. The highest BCUT2D eigenvalue weighted by molar-refractivity contribution is 5.85. The van der Waals surface area contributed by atoms with Crippen LogP contribution in [0.1, 0.15) is 30.4 Å². The minimum Gasteiger partial charge on any atom is -0.371 e. The number of anilines is 1. The van der Waals surface area contributed by atoms with E-state index in [0.29, 0.717) is 5.92 Å². The quantitative estimate of drug-likeness (QED) is 0.599. The molecule has 2 aliphatic heterocycles. The van der Waals surface area contributed by atoms with Crippen LogP contribution in [-0.4, -0.2) is 37.6 Å². The second-order valence-corrected chi connectivity index (χ2v) is 8.50. The average Bonchev–Trinajstić information content (AvgIpc) is 3.45. The number of nitrogens with zero attached hydrogens (tertiary/aromatic N) is 2. The monoisotopic (exact) mass is 430 g/mol. The Hall–Kier alpha value is -1.48. The molecule has 0 saturated carbocycles. The molecule has 0 bridgehead atoms. The van der Waals surface area contributed by atoms with Gasteiger partial charge in [0.25, 0.3) is 0 Å². The molecule has 2 unspecified atom stereocenters. The number of para-hydroxylation sites is 1. The molecule has 0 amide bonds. The number of rotatable bonds is 5. The Labute approximate surface area is 187 Å². The summed E-state index contributed by atoms with van der Waals surface area (Å²) in [4.78, 5) is 5.18. The molecule has 3 aliphatic rings. The topological polar surface area (TPSA) is 6.48 Å². The van der Waals surface area contributed by atoms with Crippen LogP contribution in [-0.2, 0) is 6.42 Å². The van der Waals surface area contributed by atoms with Gasteiger partial charge in [0.1, 0.15) is 0 Å².